The van der Waals surface area contributed by atoms with Crippen molar-refractivity contribution >= 4 is 18.3 Å². The van der Waals surface area contributed by atoms with Gasteiger partial charge in [0.15, 0.2) is 6.61 Å². The average molecular weight is 369 g/mol. The molecule has 0 bridgehead atoms. The van der Waals surface area contributed by atoms with E-state index in [2.05, 4.69) is 25.3 Å². The van der Waals surface area contributed by atoms with Crippen LogP contribution in [0.2, 0.25) is 0 Å². The molecular formula is C14H20ClF3N4O2. The van der Waals surface area contributed by atoms with Crippen LogP contribution in [-0.4, -0.2) is 67.8 Å². The van der Waals surface area contributed by atoms with Crippen molar-refractivity contribution in [1.29, 1.82) is 0 Å². The number of pyridine rings is 1. The van der Waals surface area contributed by atoms with E-state index in [0.717, 1.165) is 32.7 Å². The van der Waals surface area contributed by atoms with Crippen LogP contribution >= 0.6 is 12.4 Å². The molecule has 1 aliphatic heterocycles. The third-order valence-electron chi connectivity index (χ3n) is 3.31. The minimum absolute atomic E-state index is 0. The van der Waals surface area contributed by atoms with Gasteiger partial charge in [0.2, 0.25) is 5.88 Å². The van der Waals surface area contributed by atoms with Crippen LogP contribution in [0.25, 0.3) is 0 Å². The second-order valence-corrected chi connectivity index (χ2v) is 5.14. The summed E-state index contributed by atoms with van der Waals surface area (Å²) in [5.74, 6) is -0.477. The molecule has 2 N–H and O–H groups in total. The predicted molar refractivity (Wildman–Crippen MR) is 84.7 cm³/mol. The lowest BCUT2D eigenvalue weighted by Gasteiger charge is -2.27. The minimum Gasteiger partial charge on any atom is -0.468 e. The number of carbonyl (C=O) groups is 1. The monoisotopic (exact) mass is 368 g/mol. The van der Waals surface area contributed by atoms with Crippen LogP contribution in [-0.2, 0) is 0 Å². The average Bonchev–Trinajstić information content (AvgIpc) is 2.54. The van der Waals surface area contributed by atoms with Gasteiger partial charge in [0.1, 0.15) is 0 Å². The van der Waals surface area contributed by atoms with Crippen LogP contribution in [0.3, 0.4) is 0 Å². The van der Waals surface area contributed by atoms with Gasteiger partial charge < -0.3 is 15.4 Å². The topological polar surface area (TPSA) is 66.5 Å². The number of halogens is 4. The molecular weight excluding hydrogens is 349 g/mol. The van der Waals surface area contributed by atoms with Crippen molar-refractivity contribution in [3.63, 3.8) is 0 Å². The molecule has 1 amide bonds. The molecule has 6 nitrogen and oxygen atoms in total. The summed E-state index contributed by atoms with van der Waals surface area (Å²) in [5, 5.41) is 6.01. The SMILES string of the molecule is Cl.O=C(NCCN1CCNCC1)c1ccc(OCC(F)(F)F)nc1. The normalized spacial score (nSPS) is 15.5. The molecule has 136 valence electrons. The molecule has 0 aliphatic carbocycles. The summed E-state index contributed by atoms with van der Waals surface area (Å²) in [6, 6.07) is 2.63. The molecule has 10 heteroatoms. The van der Waals surface area contributed by atoms with Crippen molar-refractivity contribution in [2.75, 3.05) is 45.9 Å². The Bertz CT molecular complexity index is 508. The second kappa shape index (κ2) is 9.65. The molecule has 0 spiro atoms. The number of piperazine rings is 1. The van der Waals surface area contributed by atoms with Crippen LogP contribution in [0.15, 0.2) is 18.3 Å². The van der Waals surface area contributed by atoms with Crippen LogP contribution in [0, 0.1) is 0 Å². The van der Waals surface area contributed by atoms with Gasteiger partial charge in [0.25, 0.3) is 5.91 Å². The van der Waals surface area contributed by atoms with Gasteiger partial charge in [-0.05, 0) is 6.07 Å². The Hall–Kier alpha value is -1.58. The van der Waals surface area contributed by atoms with Gasteiger partial charge >= 0.3 is 6.18 Å². The van der Waals surface area contributed by atoms with Gasteiger partial charge in [-0.25, -0.2) is 4.98 Å². The lowest BCUT2D eigenvalue weighted by Crippen LogP contribution is -2.46. The fourth-order valence-corrected chi connectivity index (χ4v) is 2.12. The zero-order valence-electron chi connectivity index (χ0n) is 12.9. The molecule has 1 aliphatic rings. The number of alkyl halides is 3. The number of hydrogen-bond acceptors (Lipinski definition) is 5. The lowest BCUT2D eigenvalue weighted by molar-refractivity contribution is -0.154. The first-order chi connectivity index (χ1) is 10.9. The first kappa shape index (κ1) is 20.5. The fraction of sp³-hybridized carbons (Fsp3) is 0.571. The Kier molecular flexibility index (Phi) is 8.23. The summed E-state index contributed by atoms with van der Waals surface area (Å²) in [6.07, 6.45) is -3.21. The number of aromatic nitrogens is 1. The van der Waals surface area contributed by atoms with Crippen molar-refractivity contribution in [3.05, 3.63) is 23.9 Å². The highest BCUT2D eigenvalue weighted by Gasteiger charge is 2.28. The maximum atomic E-state index is 12.0. The van der Waals surface area contributed by atoms with Crippen LogP contribution in [0.1, 0.15) is 10.4 Å². The van der Waals surface area contributed by atoms with E-state index >= 15 is 0 Å². The summed E-state index contributed by atoms with van der Waals surface area (Å²) >= 11 is 0. The van der Waals surface area contributed by atoms with Crippen molar-refractivity contribution in [2.24, 2.45) is 0 Å². The Labute approximate surface area is 144 Å². The van der Waals surface area contributed by atoms with Gasteiger partial charge in [-0.3, -0.25) is 9.69 Å². The van der Waals surface area contributed by atoms with Crippen LogP contribution < -0.4 is 15.4 Å². The molecule has 0 aromatic carbocycles. The van der Waals surface area contributed by atoms with Gasteiger partial charge in [0, 0.05) is 51.5 Å². The van der Waals surface area contributed by atoms with Crippen LogP contribution in [0.5, 0.6) is 5.88 Å². The maximum Gasteiger partial charge on any atom is 0.422 e. The highest BCUT2D eigenvalue weighted by molar-refractivity contribution is 5.93. The first-order valence-electron chi connectivity index (χ1n) is 7.31. The van der Waals surface area contributed by atoms with E-state index in [1.54, 1.807) is 0 Å². The molecule has 0 saturated carbocycles. The smallest absolute Gasteiger partial charge is 0.422 e. The second-order valence-electron chi connectivity index (χ2n) is 5.14. The van der Waals surface area contributed by atoms with Crippen molar-refractivity contribution in [2.45, 2.75) is 6.18 Å². The number of carbonyl (C=O) groups excluding carboxylic acids is 1. The summed E-state index contributed by atoms with van der Waals surface area (Å²) in [7, 11) is 0. The largest absolute Gasteiger partial charge is 0.468 e. The van der Waals surface area contributed by atoms with E-state index < -0.39 is 12.8 Å². The zero-order chi connectivity index (χ0) is 16.7. The molecule has 0 radical (unpaired) electrons. The Morgan fingerprint density at radius 2 is 2.04 bits per heavy atom. The molecule has 2 heterocycles. The molecule has 1 aromatic rings. The molecule has 1 saturated heterocycles. The Balaban J connectivity index is 0.00000288. The van der Waals surface area contributed by atoms with E-state index in [9.17, 15) is 18.0 Å². The number of nitrogens with one attached hydrogen (secondary N) is 2. The standard InChI is InChI=1S/C14H19F3N4O2.ClH/c15-14(16,17)10-23-12-2-1-11(9-20-12)13(22)19-5-8-21-6-3-18-4-7-21;/h1-2,9,18H,3-8,10H2,(H,19,22);1H. The van der Waals surface area contributed by atoms with E-state index in [0.29, 0.717) is 6.54 Å². The zero-order valence-corrected chi connectivity index (χ0v) is 13.8. The quantitative estimate of drug-likeness (QED) is 0.786. The molecule has 0 atom stereocenters. The van der Waals surface area contributed by atoms with Crippen LogP contribution in [0.4, 0.5) is 13.2 Å². The van der Waals surface area contributed by atoms with Crippen molar-refractivity contribution in [1.82, 2.24) is 20.5 Å². The predicted octanol–water partition coefficient (Wildman–Crippen LogP) is 1.08. The van der Waals surface area contributed by atoms with E-state index in [1.165, 1.54) is 18.3 Å². The van der Waals surface area contributed by atoms with E-state index in [4.69, 9.17) is 0 Å². The fourth-order valence-electron chi connectivity index (χ4n) is 2.12. The third-order valence-corrected chi connectivity index (χ3v) is 3.31. The summed E-state index contributed by atoms with van der Waals surface area (Å²) in [6.45, 7) is 3.63. The Morgan fingerprint density at radius 3 is 2.62 bits per heavy atom. The lowest BCUT2D eigenvalue weighted by atomic mass is 10.2. The number of ether oxygens (including phenoxy) is 1. The summed E-state index contributed by atoms with van der Waals surface area (Å²) in [5.41, 5.74) is 0.282. The van der Waals surface area contributed by atoms with E-state index in [1.807, 2.05) is 0 Å². The maximum absolute atomic E-state index is 12.0. The number of amides is 1. The number of rotatable bonds is 6. The van der Waals surface area contributed by atoms with E-state index in [-0.39, 0.29) is 29.8 Å². The minimum atomic E-state index is -4.41. The molecule has 0 unspecified atom stereocenters. The van der Waals surface area contributed by atoms with Gasteiger partial charge in [-0.15, -0.1) is 12.4 Å². The molecule has 1 fully saturated rings. The molecule has 2 rings (SSSR count). The highest BCUT2D eigenvalue weighted by atomic mass is 35.5. The highest BCUT2D eigenvalue weighted by Crippen LogP contribution is 2.16. The molecule has 24 heavy (non-hydrogen) atoms. The number of nitrogens with zero attached hydrogens (tertiary/aromatic N) is 2. The van der Waals surface area contributed by atoms with Gasteiger partial charge in [-0.2, -0.15) is 13.2 Å². The van der Waals surface area contributed by atoms with Crippen molar-refractivity contribution in [3.8, 4) is 5.88 Å². The van der Waals surface area contributed by atoms with Gasteiger partial charge in [0.05, 0.1) is 5.56 Å². The molecule has 1 aromatic heterocycles. The third kappa shape index (κ3) is 7.33. The van der Waals surface area contributed by atoms with Crippen molar-refractivity contribution < 1.29 is 22.7 Å². The number of hydrogen-bond donors (Lipinski definition) is 2. The Morgan fingerprint density at radius 1 is 1.33 bits per heavy atom. The summed E-state index contributed by atoms with van der Waals surface area (Å²) < 4.78 is 40.5. The van der Waals surface area contributed by atoms with Gasteiger partial charge in [-0.1, -0.05) is 0 Å². The first-order valence-corrected chi connectivity index (χ1v) is 7.31. The summed E-state index contributed by atoms with van der Waals surface area (Å²) in [4.78, 5) is 17.9.